The lowest BCUT2D eigenvalue weighted by Crippen LogP contribution is -2.21. The normalized spacial score (nSPS) is 11.8. The lowest BCUT2D eigenvalue weighted by Gasteiger charge is -2.17. The molecule has 0 aliphatic carbocycles. The Balaban J connectivity index is 3.44. The predicted octanol–water partition coefficient (Wildman–Crippen LogP) is 2.60. The minimum absolute atomic E-state index is 0.0416. The van der Waals surface area contributed by atoms with E-state index in [2.05, 4.69) is 9.72 Å². The van der Waals surface area contributed by atoms with Crippen molar-refractivity contribution < 1.29 is 31.5 Å². The Labute approximate surface area is 117 Å². The second-order valence-electron chi connectivity index (χ2n) is 4.00. The first kappa shape index (κ1) is 17.3. The molecule has 21 heavy (non-hydrogen) atoms. The Hall–Kier alpha value is -1.77. The first-order valence-corrected chi connectivity index (χ1v) is 5.94. The highest BCUT2D eigenvalue weighted by atomic mass is 19.4. The van der Waals surface area contributed by atoms with Crippen molar-refractivity contribution >= 4 is 5.97 Å². The van der Waals surface area contributed by atoms with Gasteiger partial charge in [0, 0.05) is 18.3 Å². The van der Waals surface area contributed by atoms with Crippen molar-refractivity contribution in [1.29, 1.82) is 0 Å². The van der Waals surface area contributed by atoms with E-state index in [0.717, 1.165) is 0 Å². The molecule has 0 amide bonds. The van der Waals surface area contributed by atoms with Gasteiger partial charge in [-0.3, -0.25) is 9.78 Å². The van der Waals surface area contributed by atoms with E-state index in [1.807, 2.05) is 0 Å². The summed E-state index contributed by atoms with van der Waals surface area (Å²) >= 11 is 0. The van der Waals surface area contributed by atoms with Crippen LogP contribution >= 0.6 is 0 Å². The molecule has 1 aromatic heterocycles. The van der Waals surface area contributed by atoms with Crippen LogP contribution in [-0.4, -0.2) is 17.6 Å². The summed E-state index contributed by atoms with van der Waals surface area (Å²) in [7, 11) is 0. The zero-order chi connectivity index (χ0) is 16.2. The lowest BCUT2D eigenvalue weighted by molar-refractivity contribution is -0.144. The number of nitrogens with two attached hydrogens (primary N) is 1. The number of carbonyl (C=O) groups is 1. The minimum Gasteiger partial charge on any atom is -0.466 e. The van der Waals surface area contributed by atoms with Crippen molar-refractivity contribution in [2.24, 2.45) is 5.73 Å². The molecule has 0 atom stereocenters. The molecule has 1 heterocycles. The van der Waals surface area contributed by atoms with Gasteiger partial charge in [0.05, 0.1) is 13.0 Å². The van der Waals surface area contributed by atoms with E-state index in [1.54, 1.807) is 0 Å². The molecule has 0 aliphatic rings. The third-order valence-electron chi connectivity index (χ3n) is 2.67. The summed E-state index contributed by atoms with van der Waals surface area (Å²) in [6, 6.07) is 0. The van der Waals surface area contributed by atoms with Crippen molar-refractivity contribution in [3.05, 3.63) is 28.6 Å². The molecule has 0 saturated heterocycles. The van der Waals surface area contributed by atoms with E-state index in [1.165, 1.54) is 6.92 Å². The summed E-state index contributed by atoms with van der Waals surface area (Å²) in [6.07, 6.45) is -8.31. The van der Waals surface area contributed by atoms with Crippen LogP contribution in [-0.2, 0) is 28.7 Å². The van der Waals surface area contributed by atoms with E-state index in [0.29, 0.717) is 6.20 Å². The van der Waals surface area contributed by atoms with Gasteiger partial charge in [0.25, 0.3) is 6.43 Å². The van der Waals surface area contributed by atoms with Gasteiger partial charge < -0.3 is 10.5 Å². The van der Waals surface area contributed by atoms with Gasteiger partial charge in [-0.05, 0) is 18.1 Å². The van der Waals surface area contributed by atoms with Crippen molar-refractivity contribution in [3.8, 4) is 0 Å². The molecule has 1 aromatic rings. The molecule has 2 N–H and O–H groups in total. The van der Waals surface area contributed by atoms with Crippen molar-refractivity contribution in [1.82, 2.24) is 4.98 Å². The van der Waals surface area contributed by atoms with Gasteiger partial charge >= 0.3 is 12.1 Å². The number of pyridine rings is 1. The zero-order valence-corrected chi connectivity index (χ0v) is 11.0. The monoisotopic (exact) mass is 312 g/mol. The van der Waals surface area contributed by atoms with E-state index in [4.69, 9.17) is 5.73 Å². The maximum Gasteiger partial charge on any atom is 0.433 e. The molecule has 0 radical (unpaired) electrons. The Morgan fingerprint density at radius 1 is 1.38 bits per heavy atom. The molecule has 1 rings (SSSR count). The summed E-state index contributed by atoms with van der Waals surface area (Å²) in [5.74, 6) is -0.967. The van der Waals surface area contributed by atoms with Gasteiger partial charge in [0.1, 0.15) is 5.69 Å². The van der Waals surface area contributed by atoms with Gasteiger partial charge in [0.2, 0.25) is 0 Å². The number of aromatic nitrogens is 1. The second kappa shape index (κ2) is 6.79. The lowest BCUT2D eigenvalue weighted by atomic mass is 9.98. The van der Waals surface area contributed by atoms with Crippen LogP contribution in [0.4, 0.5) is 22.0 Å². The van der Waals surface area contributed by atoms with Crippen molar-refractivity contribution in [2.45, 2.75) is 32.5 Å². The fraction of sp³-hybridized carbons (Fsp3) is 0.500. The molecule has 4 nitrogen and oxygen atoms in total. The third-order valence-corrected chi connectivity index (χ3v) is 2.67. The molecule has 0 aliphatic heterocycles. The maximum absolute atomic E-state index is 12.9. The second-order valence-corrected chi connectivity index (χ2v) is 4.00. The van der Waals surface area contributed by atoms with Crippen LogP contribution in [0.25, 0.3) is 0 Å². The molecular formula is C12H13F5N2O2. The summed E-state index contributed by atoms with van der Waals surface area (Å²) < 4.78 is 68.9. The predicted molar refractivity (Wildman–Crippen MR) is 62.4 cm³/mol. The molecule has 118 valence electrons. The number of hydrogen-bond donors (Lipinski definition) is 1. The van der Waals surface area contributed by atoms with Crippen LogP contribution in [0.5, 0.6) is 0 Å². The SMILES string of the molecule is CCOC(=O)Cc1c(C(F)(F)F)ncc(C(F)F)c1CN. The first-order valence-electron chi connectivity index (χ1n) is 5.94. The average molecular weight is 312 g/mol. The van der Waals surface area contributed by atoms with Crippen LogP contribution in [0.3, 0.4) is 0 Å². The summed E-state index contributed by atoms with van der Waals surface area (Å²) in [6.45, 7) is 0.861. The van der Waals surface area contributed by atoms with Crippen molar-refractivity contribution in [2.75, 3.05) is 6.61 Å². The Kier molecular flexibility index (Phi) is 5.59. The van der Waals surface area contributed by atoms with Crippen LogP contribution < -0.4 is 5.73 Å². The summed E-state index contributed by atoms with van der Waals surface area (Å²) in [5.41, 5.74) is 2.05. The standard InChI is InChI=1S/C12H13F5N2O2/c1-2-21-9(20)3-6-7(4-18)8(11(13)14)5-19-10(6)12(15,16)17/h5,11H,2-4,18H2,1H3. The van der Waals surface area contributed by atoms with E-state index >= 15 is 0 Å². The fourth-order valence-corrected chi connectivity index (χ4v) is 1.83. The Morgan fingerprint density at radius 2 is 2.00 bits per heavy atom. The topological polar surface area (TPSA) is 65.2 Å². The van der Waals surface area contributed by atoms with Crippen LogP contribution in [0.15, 0.2) is 6.20 Å². The Morgan fingerprint density at radius 3 is 2.43 bits per heavy atom. The first-order chi connectivity index (χ1) is 9.72. The number of halogens is 5. The Bertz CT molecular complexity index is 517. The molecular weight excluding hydrogens is 299 g/mol. The van der Waals surface area contributed by atoms with Crippen LogP contribution in [0.1, 0.15) is 35.7 Å². The molecule has 0 unspecified atom stereocenters. The summed E-state index contributed by atoms with van der Waals surface area (Å²) in [5, 5.41) is 0. The zero-order valence-electron chi connectivity index (χ0n) is 11.0. The highest BCUT2D eigenvalue weighted by molar-refractivity contribution is 5.73. The molecule has 9 heteroatoms. The number of esters is 1. The van der Waals surface area contributed by atoms with Gasteiger partial charge in [0.15, 0.2) is 0 Å². The number of nitrogens with zero attached hydrogens (tertiary/aromatic N) is 1. The molecule has 0 spiro atoms. The van der Waals surface area contributed by atoms with Crippen LogP contribution in [0.2, 0.25) is 0 Å². The fourth-order valence-electron chi connectivity index (χ4n) is 1.83. The molecule has 0 fully saturated rings. The number of carbonyl (C=O) groups excluding carboxylic acids is 1. The van der Waals surface area contributed by atoms with Gasteiger partial charge in [-0.1, -0.05) is 0 Å². The minimum atomic E-state index is -4.88. The van der Waals surface area contributed by atoms with E-state index < -0.39 is 53.9 Å². The van der Waals surface area contributed by atoms with Crippen molar-refractivity contribution in [3.63, 3.8) is 0 Å². The number of hydrogen-bond acceptors (Lipinski definition) is 4. The van der Waals surface area contributed by atoms with E-state index in [-0.39, 0.29) is 6.61 Å². The number of rotatable bonds is 5. The maximum atomic E-state index is 12.9. The van der Waals surface area contributed by atoms with Gasteiger partial charge in [-0.15, -0.1) is 0 Å². The number of alkyl halides is 5. The molecule has 0 aromatic carbocycles. The quantitative estimate of drug-likeness (QED) is 0.670. The average Bonchev–Trinajstić information content (AvgIpc) is 2.36. The molecule has 0 bridgehead atoms. The number of ether oxygens (including phenoxy) is 1. The summed E-state index contributed by atoms with van der Waals surface area (Å²) in [4.78, 5) is 14.4. The highest BCUT2D eigenvalue weighted by Gasteiger charge is 2.38. The largest absolute Gasteiger partial charge is 0.466 e. The van der Waals surface area contributed by atoms with Gasteiger partial charge in [-0.25, -0.2) is 8.78 Å². The smallest absolute Gasteiger partial charge is 0.433 e. The third kappa shape index (κ3) is 4.10. The highest BCUT2D eigenvalue weighted by Crippen LogP contribution is 2.35. The van der Waals surface area contributed by atoms with E-state index in [9.17, 15) is 26.7 Å². The van der Waals surface area contributed by atoms with Gasteiger partial charge in [-0.2, -0.15) is 13.2 Å². The van der Waals surface area contributed by atoms with Crippen LogP contribution in [0, 0.1) is 0 Å². The molecule has 0 saturated carbocycles.